The number of ether oxygens (including phenoxy) is 1. The van der Waals surface area contributed by atoms with E-state index in [-0.39, 0.29) is 0 Å². The smallest absolute Gasteiger partial charge is 0.127 e. The number of amidine groups is 1. The van der Waals surface area contributed by atoms with E-state index in [9.17, 15) is 0 Å². The van der Waals surface area contributed by atoms with Gasteiger partial charge in [-0.05, 0) is 79.6 Å². The number of hydrogen-bond donors (Lipinski definition) is 0. The molecule has 0 amide bonds. The van der Waals surface area contributed by atoms with Crippen molar-refractivity contribution in [2.24, 2.45) is 4.40 Å². The topological polar surface area (TPSA) is 24.8 Å². The summed E-state index contributed by atoms with van der Waals surface area (Å²) in [5.74, 6) is 4.59. The highest BCUT2D eigenvalue weighted by Gasteiger charge is 2.29. The highest BCUT2D eigenvalue weighted by atomic mass is 32.2. The predicted molar refractivity (Wildman–Crippen MR) is 106 cm³/mol. The Morgan fingerprint density at radius 3 is 2.60 bits per heavy atom. The van der Waals surface area contributed by atoms with Crippen LogP contribution in [0.3, 0.4) is 0 Å². The van der Waals surface area contributed by atoms with E-state index in [4.69, 9.17) is 9.13 Å². The Bertz CT molecular complexity index is 785. The van der Waals surface area contributed by atoms with Crippen LogP contribution >= 0.6 is 11.9 Å². The van der Waals surface area contributed by atoms with Crippen molar-refractivity contribution in [3.8, 4) is 11.5 Å². The number of nitrogens with zero attached hydrogens (tertiary/aromatic N) is 2. The first kappa shape index (κ1) is 16.5. The molecule has 1 saturated heterocycles. The average molecular weight is 353 g/mol. The molecule has 130 valence electrons. The summed E-state index contributed by atoms with van der Waals surface area (Å²) in [7, 11) is 0. The van der Waals surface area contributed by atoms with Crippen LogP contribution in [0.15, 0.2) is 46.9 Å². The molecule has 0 aliphatic carbocycles. The normalized spacial score (nSPS) is 20.0. The number of benzene rings is 2. The molecule has 3 nitrogen and oxygen atoms in total. The third-order valence-electron chi connectivity index (χ3n) is 5.16. The van der Waals surface area contributed by atoms with Crippen LogP contribution in [0, 0.1) is 13.8 Å². The summed E-state index contributed by atoms with van der Waals surface area (Å²) in [5.41, 5.74) is 3.89. The van der Waals surface area contributed by atoms with Gasteiger partial charge in [0.2, 0.25) is 0 Å². The molecule has 0 saturated carbocycles. The quantitative estimate of drug-likeness (QED) is 0.698. The van der Waals surface area contributed by atoms with Gasteiger partial charge in [-0.1, -0.05) is 18.2 Å². The maximum Gasteiger partial charge on any atom is 0.127 e. The van der Waals surface area contributed by atoms with E-state index in [0.29, 0.717) is 5.92 Å². The van der Waals surface area contributed by atoms with Crippen LogP contribution in [0.25, 0.3) is 0 Å². The molecule has 0 N–H and O–H groups in total. The Balaban J connectivity index is 1.51. The fraction of sp³-hybridized carbons (Fsp3) is 0.381. The largest absolute Gasteiger partial charge is 0.457 e. The lowest BCUT2D eigenvalue weighted by molar-refractivity contribution is 0.371. The van der Waals surface area contributed by atoms with E-state index in [1.165, 1.54) is 35.4 Å². The van der Waals surface area contributed by atoms with Crippen LogP contribution in [0.2, 0.25) is 0 Å². The van der Waals surface area contributed by atoms with Gasteiger partial charge in [0, 0.05) is 24.8 Å². The molecule has 2 aliphatic rings. The van der Waals surface area contributed by atoms with Gasteiger partial charge < -0.3 is 9.64 Å². The molecule has 0 radical (unpaired) electrons. The predicted octanol–water partition coefficient (Wildman–Crippen LogP) is 5.34. The SMILES string of the molecule is Cc1ccc(Oc2ccc(C3CCCN4CCSN=C34)cc2)cc1C. The molecule has 4 heteroatoms. The van der Waals surface area contributed by atoms with Gasteiger partial charge in [-0.15, -0.1) is 0 Å². The van der Waals surface area contributed by atoms with Gasteiger partial charge in [0.1, 0.15) is 17.3 Å². The molecule has 2 heterocycles. The van der Waals surface area contributed by atoms with Crippen molar-refractivity contribution < 1.29 is 4.74 Å². The van der Waals surface area contributed by atoms with E-state index in [1.54, 1.807) is 11.9 Å². The monoisotopic (exact) mass is 352 g/mol. The second-order valence-corrected chi connectivity index (χ2v) is 7.73. The maximum atomic E-state index is 6.02. The molecule has 2 aromatic carbocycles. The van der Waals surface area contributed by atoms with E-state index in [1.807, 2.05) is 6.07 Å². The molecule has 2 aliphatic heterocycles. The van der Waals surface area contributed by atoms with Crippen LogP contribution in [-0.4, -0.2) is 29.6 Å². The Morgan fingerprint density at radius 1 is 1.00 bits per heavy atom. The minimum atomic E-state index is 0.428. The van der Waals surface area contributed by atoms with Gasteiger partial charge in [0.15, 0.2) is 0 Å². The molecule has 4 rings (SSSR count). The second-order valence-electron chi connectivity index (χ2n) is 6.88. The summed E-state index contributed by atoms with van der Waals surface area (Å²) < 4.78 is 10.8. The molecule has 1 fully saturated rings. The van der Waals surface area contributed by atoms with Crippen molar-refractivity contribution in [3.63, 3.8) is 0 Å². The van der Waals surface area contributed by atoms with Crippen molar-refractivity contribution in [1.82, 2.24) is 4.90 Å². The standard InChI is InChI=1S/C21H24N2OS/c1-15-5-8-19(14-16(15)2)24-18-9-6-17(7-10-18)20-4-3-11-23-12-13-25-22-21(20)23/h5-10,14,20H,3-4,11-13H2,1-2H3. The van der Waals surface area contributed by atoms with Crippen molar-refractivity contribution in [3.05, 3.63) is 59.2 Å². The Hall–Kier alpha value is -1.94. The molecule has 0 aromatic heterocycles. The van der Waals surface area contributed by atoms with Crippen LogP contribution in [0.1, 0.15) is 35.4 Å². The first-order chi connectivity index (χ1) is 12.2. The minimum absolute atomic E-state index is 0.428. The third-order valence-corrected chi connectivity index (χ3v) is 5.84. The lowest BCUT2D eigenvalue weighted by Gasteiger charge is -2.37. The van der Waals surface area contributed by atoms with Crippen LogP contribution in [0.5, 0.6) is 11.5 Å². The van der Waals surface area contributed by atoms with Gasteiger partial charge in [0.05, 0.1) is 0 Å². The first-order valence-corrected chi connectivity index (χ1v) is 9.95. The van der Waals surface area contributed by atoms with Gasteiger partial charge in [-0.2, -0.15) is 0 Å². The first-order valence-electron chi connectivity index (χ1n) is 9.00. The summed E-state index contributed by atoms with van der Waals surface area (Å²) in [4.78, 5) is 2.46. The fourth-order valence-corrected chi connectivity index (χ4v) is 4.33. The van der Waals surface area contributed by atoms with Gasteiger partial charge in [-0.25, -0.2) is 4.40 Å². The minimum Gasteiger partial charge on any atom is -0.457 e. The zero-order chi connectivity index (χ0) is 17.2. The summed E-state index contributed by atoms with van der Waals surface area (Å²) >= 11 is 1.71. The van der Waals surface area contributed by atoms with Crippen LogP contribution in [-0.2, 0) is 0 Å². The summed E-state index contributed by atoms with van der Waals surface area (Å²) in [6.07, 6.45) is 2.43. The summed E-state index contributed by atoms with van der Waals surface area (Å²) in [6, 6.07) is 14.8. The number of aryl methyl sites for hydroxylation is 2. The third kappa shape index (κ3) is 3.54. The van der Waals surface area contributed by atoms with Crippen molar-refractivity contribution in [2.75, 3.05) is 18.8 Å². The second kappa shape index (κ2) is 7.12. The van der Waals surface area contributed by atoms with Gasteiger partial charge >= 0.3 is 0 Å². The van der Waals surface area contributed by atoms with Gasteiger partial charge in [0.25, 0.3) is 0 Å². The lowest BCUT2D eigenvalue weighted by Crippen LogP contribution is -2.42. The number of rotatable bonds is 3. The molecular formula is C21H24N2OS. The molecule has 1 atom stereocenters. The van der Waals surface area contributed by atoms with Gasteiger partial charge in [-0.3, -0.25) is 0 Å². The number of fused-ring (bicyclic) bond motifs is 1. The average Bonchev–Trinajstić information content (AvgIpc) is 2.65. The summed E-state index contributed by atoms with van der Waals surface area (Å²) in [5, 5.41) is 0. The maximum absolute atomic E-state index is 6.02. The molecule has 1 unspecified atom stereocenters. The molecule has 0 bridgehead atoms. The number of hydrogen-bond acceptors (Lipinski definition) is 4. The molecule has 0 spiro atoms. The van der Waals surface area contributed by atoms with Crippen molar-refractivity contribution in [1.29, 1.82) is 0 Å². The Labute approximate surface area is 154 Å². The Morgan fingerprint density at radius 2 is 1.80 bits per heavy atom. The van der Waals surface area contributed by atoms with Crippen LogP contribution < -0.4 is 4.74 Å². The van der Waals surface area contributed by atoms with E-state index >= 15 is 0 Å². The van der Waals surface area contributed by atoms with Crippen LogP contribution in [0.4, 0.5) is 0 Å². The molecular weight excluding hydrogens is 328 g/mol. The summed E-state index contributed by atoms with van der Waals surface area (Å²) in [6.45, 7) is 6.52. The fourth-order valence-electron chi connectivity index (χ4n) is 3.56. The molecule has 25 heavy (non-hydrogen) atoms. The van der Waals surface area contributed by atoms with E-state index in [2.05, 4.69) is 55.1 Å². The Kier molecular flexibility index (Phi) is 4.71. The zero-order valence-corrected chi connectivity index (χ0v) is 15.7. The highest BCUT2D eigenvalue weighted by Crippen LogP contribution is 2.34. The number of piperidine rings is 1. The zero-order valence-electron chi connectivity index (χ0n) is 14.9. The lowest BCUT2D eigenvalue weighted by atomic mass is 9.89. The van der Waals surface area contributed by atoms with E-state index in [0.717, 1.165) is 30.3 Å². The highest BCUT2D eigenvalue weighted by molar-refractivity contribution is 7.98. The van der Waals surface area contributed by atoms with E-state index < -0.39 is 0 Å². The molecule has 2 aromatic rings. The van der Waals surface area contributed by atoms with Crippen molar-refractivity contribution >= 4 is 17.8 Å². The van der Waals surface area contributed by atoms with Crippen molar-refractivity contribution in [2.45, 2.75) is 32.6 Å².